The minimum Gasteiger partial charge on any atom is -0.393 e. The largest absolute Gasteiger partial charge is 0.393 e. The van der Waals surface area contributed by atoms with E-state index in [1.807, 2.05) is 0 Å². The average molecular weight is 314 g/mol. The molecule has 0 aromatic rings. The molecule has 0 aromatic heterocycles. The third-order valence-electron chi connectivity index (χ3n) is 8.69. The SMILES string of the molecule is C#CC1C[C@H](O)CC2CC[C@@H]3[C@H](CC[C@]4(C)C(=O)CC[C@@H]34)[C@@]12C. The Balaban J connectivity index is 1.70. The van der Waals surface area contributed by atoms with Crippen molar-refractivity contribution in [1.82, 2.24) is 0 Å². The number of aliphatic hydroxyl groups is 1. The van der Waals surface area contributed by atoms with E-state index in [1.165, 1.54) is 12.8 Å². The first-order valence-corrected chi connectivity index (χ1v) is 9.58. The highest BCUT2D eigenvalue weighted by atomic mass is 16.3. The van der Waals surface area contributed by atoms with E-state index in [9.17, 15) is 9.90 Å². The van der Waals surface area contributed by atoms with Gasteiger partial charge in [0, 0.05) is 17.8 Å². The predicted molar refractivity (Wildman–Crippen MR) is 90.4 cm³/mol. The van der Waals surface area contributed by atoms with Crippen LogP contribution in [0.5, 0.6) is 0 Å². The van der Waals surface area contributed by atoms with Crippen LogP contribution < -0.4 is 0 Å². The Hall–Kier alpha value is -0.810. The third kappa shape index (κ3) is 1.95. The van der Waals surface area contributed by atoms with Gasteiger partial charge in [-0.3, -0.25) is 4.79 Å². The lowest BCUT2D eigenvalue weighted by Crippen LogP contribution is -2.57. The summed E-state index contributed by atoms with van der Waals surface area (Å²) in [6, 6.07) is 0. The standard InChI is InChI=1S/C21H30O2/c1-4-13-11-15(22)12-14-5-6-16-17-7-8-19(23)20(17,2)10-9-18(16)21(13,14)3/h1,13-18,22H,5-12H2,2-3H3/t13?,14?,15-,16-,17-,18-,20-,21-/m0/s1. The van der Waals surface area contributed by atoms with Crippen LogP contribution in [0.25, 0.3) is 0 Å². The second kappa shape index (κ2) is 5.09. The average Bonchev–Trinajstić information content (AvgIpc) is 2.83. The highest BCUT2D eigenvalue weighted by Gasteiger charge is 2.62. The minimum atomic E-state index is -0.215. The van der Waals surface area contributed by atoms with Crippen molar-refractivity contribution < 1.29 is 9.90 Å². The fraction of sp³-hybridized carbons (Fsp3) is 0.857. The van der Waals surface area contributed by atoms with Crippen LogP contribution >= 0.6 is 0 Å². The van der Waals surface area contributed by atoms with Crippen LogP contribution in [-0.2, 0) is 4.79 Å². The minimum absolute atomic E-state index is 0.0514. The van der Waals surface area contributed by atoms with Crippen LogP contribution in [0.4, 0.5) is 0 Å². The first-order chi connectivity index (χ1) is 10.9. The summed E-state index contributed by atoms with van der Waals surface area (Å²) in [7, 11) is 0. The summed E-state index contributed by atoms with van der Waals surface area (Å²) in [5.41, 5.74) is 0.119. The fourth-order valence-corrected chi connectivity index (χ4v) is 7.35. The number of terminal acetylenes is 1. The molecule has 2 nitrogen and oxygen atoms in total. The smallest absolute Gasteiger partial charge is 0.139 e. The summed E-state index contributed by atoms with van der Waals surface area (Å²) < 4.78 is 0. The lowest BCUT2D eigenvalue weighted by atomic mass is 9.43. The highest BCUT2D eigenvalue weighted by Crippen LogP contribution is 2.66. The van der Waals surface area contributed by atoms with Gasteiger partial charge < -0.3 is 5.11 Å². The van der Waals surface area contributed by atoms with Gasteiger partial charge in [0.05, 0.1) is 6.10 Å². The van der Waals surface area contributed by atoms with Gasteiger partial charge in [-0.15, -0.1) is 12.3 Å². The van der Waals surface area contributed by atoms with Crippen molar-refractivity contribution in [2.24, 2.45) is 40.4 Å². The zero-order chi connectivity index (χ0) is 16.4. The molecule has 4 saturated carbocycles. The van der Waals surface area contributed by atoms with Gasteiger partial charge in [-0.2, -0.15) is 0 Å². The molecule has 2 heteroatoms. The Labute approximate surface area is 140 Å². The summed E-state index contributed by atoms with van der Waals surface area (Å²) >= 11 is 0. The Morgan fingerprint density at radius 2 is 1.91 bits per heavy atom. The summed E-state index contributed by atoms with van der Waals surface area (Å²) in [6.45, 7) is 4.66. The van der Waals surface area contributed by atoms with Crippen molar-refractivity contribution in [3.63, 3.8) is 0 Å². The van der Waals surface area contributed by atoms with Crippen molar-refractivity contribution in [2.45, 2.75) is 71.3 Å². The zero-order valence-electron chi connectivity index (χ0n) is 14.6. The van der Waals surface area contributed by atoms with E-state index in [0.29, 0.717) is 29.5 Å². The number of carbonyl (C=O) groups is 1. The maximum absolute atomic E-state index is 12.5. The van der Waals surface area contributed by atoms with Gasteiger partial charge in [0.1, 0.15) is 5.78 Å². The van der Waals surface area contributed by atoms with E-state index in [4.69, 9.17) is 6.42 Å². The lowest BCUT2D eigenvalue weighted by molar-refractivity contribution is -0.149. The number of hydrogen-bond donors (Lipinski definition) is 1. The Kier molecular flexibility index (Phi) is 3.48. The highest BCUT2D eigenvalue weighted by molar-refractivity contribution is 5.87. The number of rotatable bonds is 0. The number of Topliss-reactive ketones (excluding diaryl/α,β-unsaturated/α-hetero) is 1. The van der Waals surface area contributed by atoms with E-state index in [2.05, 4.69) is 19.8 Å². The van der Waals surface area contributed by atoms with Gasteiger partial charge in [0.25, 0.3) is 0 Å². The number of aliphatic hydroxyl groups excluding tert-OH is 1. The summed E-state index contributed by atoms with van der Waals surface area (Å²) in [5, 5.41) is 10.2. The van der Waals surface area contributed by atoms with Gasteiger partial charge in [-0.25, -0.2) is 0 Å². The van der Waals surface area contributed by atoms with Gasteiger partial charge in [-0.1, -0.05) is 13.8 Å². The van der Waals surface area contributed by atoms with Crippen LogP contribution in [0.3, 0.4) is 0 Å². The van der Waals surface area contributed by atoms with Crippen molar-refractivity contribution in [3.05, 3.63) is 0 Å². The normalized spacial score (nSPS) is 55.5. The molecule has 0 amide bonds. The Morgan fingerprint density at radius 3 is 2.65 bits per heavy atom. The number of ketones is 1. The first-order valence-electron chi connectivity index (χ1n) is 9.58. The van der Waals surface area contributed by atoms with E-state index in [1.54, 1.807) is 0 Å². The molecule has 126 valence electrons. The van der Waals surface area contributed by atoms with Crippen LogP contribution in [0.15, 0.2) is 0 Å². The van der Waals surface area contributed by atoms with E-state index in [-0.39, 0.29) is 22.9 Å². The molecule has 2 unspecified atom stereocenters. The summed E-state index contributed by atoms with van der Waals surface area (Å²) in [4.78, 5) is 12.5. The van der Waals surface area contributed by atoms with E-state index < -0.39 is 0 Å². The Morgan fingerprint density at radius 1 is 1.13 bits per heavy atom. The molecule has 0 bridgehead atoms. The molecule has 8 atom stereocenters. The summed E-state index contributed by atoms with van der Waals surface area (Å²) in [5.74, 6) is 6.24. The number of carbonyl (C=O) groups excluding carboxylic acids is 1. The third-order valence-corrected chi connectivity index (χ3v) is 8.69. The van der Waals surface area contributed by atoms with Crippen molar-refractivity contribution >= 4 is 5.78 Å². The molecule has 4 aliphatic rings. The molecule has 4 fully saturated rings. The molecule has 0 aliphatic heterocycles. The topological polar surface area (TPSA) is 37.3 Å². The molecule has 0 saturated heterocycles. The van der Waals surface area contributed by atoms with E-state index >= 15 is 0 Å². The number of fused-ring (bicyclic) bond motifs is 5. The molecular weight excluding hydrogens is 284 g/mol. The molecule has 4 aliphatic carbocycles. The predicted octanol–water partition coefficient (Wildman–Crippen LogP) is 3.82. The van der Waals surface area contributed by atoms with Gasteiger partial charge in [-0.05, 0) is 74.0 Å². The molecule has 0 spiro atoms. The number of hydrogen-bond acceptors (Lipinski definition) is 2. The molecule has 4 rings (SSSR count). The quantitative estimate of drug-likeness (QED) is 0.690. The van der Waals surface area contributed by atoms with Crippen LogP contribution in [0, 0.1) is 52.8 Å². The molecule has 0 radical (unpaired) electrons. The monoisotopic (exact) mass is 314 g/mol. The second-order valence-electron chi connectivity index (χ2n) is 9.28. The molecule has 0 aromatic carbocycles. The van der Waals surface area contributed by atoms with Crippen molar-refractivity contribution in [1.29, 1.82) is 0 Å². The van der Waals surface area contributed by atoms with Crippen LogP contribution in [0.1, 0.15) is 65.2 Å². The maximum Gasteiger partial charge on any atom is 0.139 e. The van der Waals surface area contributed by atoms with E-state index in [0.717, 1.165) is 38.5 Å². The molecular formula is C21H30O2. The zero-order valence-corrected chi connectivity index (χ0v) is 14.6. The van der Waals surface area contributed by atoms with Gasteiger partial charge in [0.2, 0.25) is 0 Å². The molecule has 1 N–H and O–H groups in total. The lowest BCUT2D eigenvalue weighted by Gasteiger charge is -2.61. The van der Waals surface area contributed by atoms with Gasteiger partial charge >= 0.3 is 0 Å². The maximum atomic E-state index is 12.5. The second-order valence-corrected chi connectivity index (χ2v) is 9.28. The summed E-state index contributed by atoms with van der Waals surface area (Å²) in [6.07, 6.45) is 13.9. The molecule has 23 heavy (non-hydrogen) atoms. The Bertz CT molecular complexity index is 561. The van der Waals surface area contributed by atoms with Gasteiger partial charge in [0.15, 0.2) is 0 Å². The molecule has 0 heterocycles. The first kappa shape index (κ1) is 15.7. The fourth-order valence-electron chi connectivity index (χ4n) is 7.35. The van der Waals surface area contributed by atoms with Crippen LogP contribution in [0.2, 0.25) is 0 Å². The van der Waals surface area contributed by atoms with Crippen molar-refractivity contribution in [2.75, 3.05) is 0 Å². The van der Waals surface area contributed by atoms with Crippen molar-refractivity contribution in [3.8, 4) is 12.3 Å². The van der Waals surface area contributed by atoms with Crippen LogP contribution in [-0.4, -0.2) is 17.0 Å².